The molecule has 0 aromatic heterocycles. The first-order valence-electron chi connectivity index (χ1n) is 5.66. The Bertz CT molecular complexity index is 245. The van der Waals surface area contributed by atoms with Crippen molar-refractivity contribution in [2.75, 3.05) is 20.3 Å². The monoisotopic (exact) mass is 229 g/mol. The van der Waals surface area contributed by atoms with Crippen LogP contribution in [0.5, 0.6) is 0 Å². The molecular weight excluding hydrogens is 206 g/mol. The second-order valence-corrected chi connectivity index (χ2v) is 4.03. The number of rotatable bonds is 7. The van der Waals surface area contributed by atoms with Crippen molar-refractivity contribution < 1.29 is 14.6 Å². The Morgan fingerprint density at radius 3 is 2.50 bits per heavy atom. The van der Waals surface area contributed by atoms with Crippen molar-refractivity contribution >= 4 is 5.97 Å². The molecule has 0 aliphatic rings. The molecule has 4 heteroatoms. The van der Waals surface area contributed by atoms with E-state index in [4.69, 9.17) is 0 Å². The van der Waals surface area contributed by atoms with Crippen LogP contribution in [0.15, 0.2) is 11.6 Å². The maximum atomic E-state index is 11.3. The first-order chi connectivity index (χ1) is 7.52. The van der Waals surface area contributed by atoms with Gasteiger partial charge in [-0.05, 0) is 19.8 Å². The average molecular weight is 229 g/mol. The van der Waals surface area contributed by atoms with Gasteiger partial charge in [0.15, 0.2) is 0 Å². The topological polar surface area (TPSA) is 58.6 Å². The zero-order valence-corrected chi connectivity index (χ0v) is 10.7. The predicted molar refractivity (Wildman–Crippen MR) is 64.2 cm³/mol. The minimum absolute atomic E-state index is 0.0804. The van der Waals surface area contributed by atoms with Gasteiger partial charge in [0.05, 0.1) is 13.7 Å². The summed E-state index contributed by atoms with van der Waals surface area (Å²) in [6.45, 7) is 6.51. The van der Waals surface area contributed by atoms with E-state index < -0.39 is 0 Å². The molecule has 0 radical (unpaired) electrons. The predicted octanol–water partition coefficient (Wildman–Crippen LogP) is 1.25. The third-order valence-corrected chi connectivity index (χ3v) is 2.84. The standard InChI is InChI=1S/C12H23NO3/c1-5-10(11(15)16-4)7-8-13-12(3,6-2)9-14/h7,13-14H,5-6,8-9H2,1-4H3. The molecule has 16 heavy (non-hydrogen) atoms. The molecule has 0 bridgehead atoms. The van der Waals surface area contributed by atoms with Crippen LogP contribution in [0.1, 0.15) is 33.6 Å². The number of ether oxygens (including phenoxy) is 1. The van der Waals surface area contributed by atoms with Crippen molar-refractivity contribution in [3.63, 3.8) is 0 Å². The highest BCUT2D eigenvalue weighted by atomic mass is 16.5. The van der Waals surface area contributed by atoms with Gasteiger partial charge in [-0.3, -0.25) is 0 Å². The minimum Gasteiger partial charge on any atom is -0.466 e. The Kier molecular flexibility index (Phi) is 7.01. The maximum Gasteiger partial charge on any atom is 0.333 e. The van der Waals surface area contributed by atoms with Gasteiger partial charge in [-0.25, -0.2) is 4.79 Å². The molecule has 1 unspecified atom stereocenters. The molecule has 0 heterocycles. The highest BCUT2D eigenvalue weighted by molar-refractivity contribution is 5.88. The summed E-state index contributed by atoms with van der Waals surface area (Å²) in [7, 11) is 1.38. The molecule has 2 N–H and O–H groups in total. The van der Waals surface area contributed by atoms with Crippen molar-refractivity contribution in [1.82, 2.24) is 5.32 Å². The maximum absolute atomic E-state index is 11.3. The molecule has 94 valence electrons. The Hall–Kier alpha value is -0.870. The summed E-state index contributed by atoms with van der Waals surface area (Å²) in [5.74, 6) is -0.286. The molecule has 0 saturated heterocycles. The lowest BCUT2D eigenvalue weighted by atomic mass is 10.0. The number of carbonyl (C=O) groups excluding carboxylic acids is 1. The summed E-state index contributed by atoms with van der Waals surface area (Å²) >= 11 is 0. The number of aliphatic hydroxyl groups excluding tert-OH is 1. The molecule has 1 atom stereocenters. The third-order valence-electron chi connectivity index (χ3n) is 2.84. The number of hydrogen-bond donors (Lipinski definition) is 2. The zero-order chi connectivity index (χ0) is 12.6. The van der Waals surface area contributed by atoms with Gasteiger partial charge in [-0.2, -0.15) is 0 Å². The Balaban J connectivity index is 4.30. The molecule has 0 aromatic carbocycles. The van der Waals surface area contributed by atoms with E-state index in [2.05, 4.69) is 10.1 Å². The molecule has 0 spiro atoms. The second-order valence-electron chi connectivity index (χ2n) is 4.03. The summed E-state index contributed by atoms with van der Waals surface area (Å²) in [4.78, 5) is 11.3. The Morgan fingerprint density at radius 2 is 2.12 bits per heavy atom. The summed E-state index contributed by atoms with van der Waals surface area (Å²) in [5, 5.41) is 12.4. The number of carbonyl (C=O) groups is 1. The molecular formula is C12H23NO3. The smallest absolute Gasteiger partial charge is 0.333 e. The van der Waals surface area contributed by atoms with Crippen LogP contribution in [0, 0.1) is 0 Å². The van der Waals surface area contributed by atoms with Crippen LogP contribution in [0.2, 0.25) is 0 Å². The number of aliphatic hydroxyl groups is 1. The number of esters is 1. The molecule has 0 amide bonds. The van der Waals surface area contributed by atoms with Gasteiger partial charge >= 0.3 is 5.97 Å². The molecule has 0 aliphatic heterocycles. The van der Waals surface area contributed by atoms with E-state index in [0.717, 1.165) is 6.42 Å². The van der Waals surface area contributed by atoms with Gasteiger partial charge in [-0.1, -0.05) is 19.9 Å². The lowest BCUT2D eigenvalue weighted by molar-refractivity contribution is -0.136. The zero-order valence-electron chi connectivity index (χ0n) is 10.7. The first-order valence-corrected chi connectivity index (χ1v) is 5.66. The first kappa shape index (κ1) is 15.1. The Labute approximate surface area is 97.7 Å². The van der Waals surface area contributed by atoms with Gasteiger partial charge in [0.1, 0.15) is 0 Å². The number of hydrogen-bond acceptors (Lipinski definition) is 4. The van der Waals surface area contributed by atoms with Crippen molar-refractivity contribution in [3.8, 4) is 0 Å². The fourth-order valence-corrected chi connectivity index (χ4v) is 1.22. The quantitative estimate of drug-likeness (QED) is 0.509. The summed E-state index contributed by atoms with van der Waals surface area (Å²) in [6.07, 6.45) is 3.29. The Morgan fingerprint density at radius 1 is 1.50 bits per heavy atom. The van der Waals surface area contributed by atoms with Crippen LogP contribution in [-0.2, 0) is 9.53 Å². The van der Waals surface area contributed by atoms with Gasteiger partial charge in [0.25, 0.3) is 0 Å². The summed E-state index contributed by atoms with van der Waals surface area (Å²) in [6, 6.07) is 0. The van der Waals surface area contributed by atoms with Crippen molar-refractivity contribution in [1.29, 1.82) is 0 Å². The summed E-state index contributed by atoms with van der Waals surface area (Å²) < 4.78 is 4.65. The van der Waals surface area contributed by atoms with Gasteiger partial charge in [-0.15, -0.1) is 0 Å². The highest BCUT2D eigenvalue weighted by Gasteiger charge is 2.19. The summed E-state index contributed by atoms with van der Waals surface area (Å²) in [5.41, 5.74) is 0.372. The second kappa shape index (κ2) is 7.41. The van der Waals surface area contributed by atoms with E-state index in [0.29, 0.717) is 18.5 Å². The van der Waals surface area contributed by atoms with Crippen molar-refractivity contribution in [3.05, 3.63) is 11.6 Å². The largest absolute Gasteiger partial charge is 0.466 e. The van der Waals surface area contributed by atoms with E-state index >= 15 is 0 Å². The van der Waals surface area contributed by atoms with Gasteiger partial charge in [0, 0.05) is 17.7 Å². The fraction of sp³-hybridized carbons (Fsp3) is 0.750. The molecule has 0 saturated carbocycles. The SMILES string of the molecule is CCC(=CCNC(C)(CC)CO)C(=O)OC. The van der Waals surface area contributed by atoms with Gasteiger partial charge in [0.2, 0.25) is 0 Å². The lowest BCUT2D eigenvalue weighted by Crippen LogP contribution is -2.45. The number of nitrogens with one attached hydrogen (secondary N) is 1. The minimum atomic E-state index is -0.286. The van der Waals surface area contributed by atoms with E-state index in [1.54, 1.807) is 0 Å². The van der Waals surface area contributed by atoms with E-state index in [-0.39, 0.29) is 18.1 Å². The van der Waals surface area contributed by atoms with Crippen LogP contribution in [0.3, 0.4) is 0 Å². The third kappa shape index (κ3) is 4.77. The van der Waals surface area contributed by atoms with Crippen molar-refractivity contribution in [2.24, 2.45) is 0 Å². The van der Waals surface area contributed by atoms with E-state index in [1.807, 2.05) is 26.8 Å². The molecule has 4 nitrogen and oxygen atoms in total. The number of methoxy groups -OCH3 is 1. The fourth-order valence-electron chi connectivity index (χ4n) is 1.22. The van der Waals surface area contributed by atoms with Crippen LogP contribution in [0.4, 0.5) is 0 Å². The van der Waals surface area contributed by atoms with Crippen LogP contribution in [0.25, 0.3) is 0 Å². The van der Waals surface area contributed by atoms with Crippen molar-refractivity contribution in [2.45, 2.75) is 39.2 Å². The van der Waals surface area contributed by atoms with Crippen LogP contribution < -0.4 is 5.32 Å². The average Bonchev–Trinajstić information content (AvgIpc) is 2.33. The lowest BCUT2D eigenvalue weighted by Gasteiger charge is -2.26. The van der Waals surface area contributed by atoms with Crippen LogP contribution in [-0.4, -0.2) is 36.9 Å². The van der Waals surface area contributed by atoms with E-state index in [1.165, 1.54) is 7.11 Å². The van der Waals surface area contributed by atoms with Gasteiger partial charge < -0.3 is 15.2 Å². The van der Waals surface area contributed by atoms with E-state index in [9.17, 15) is 9.90 Å². The molecule has 0 aromatic rings. The highest BCUT2D eigenvalue weighted by Crippen LogP contribution is 2.08. The molecule has 0 rings (SSSR count). The molecule has 0 fully saturated rings. The normalized spacial score (nSPS) is 15.7. The van der Waals surface area contributed by atoms with Crippen LogP contribution >= 0.6 is 0 Å². The molecule has 0 aliphatic carbocycles.